The Bertz CT molecular complexity index is 1040. The molecule has 0 spiro atoms. The smallest absolute Gasteiger partial charge is 0.335 e. The number of nitrogens with one attached hydrogen (secondary N) is 2. The van der Waals surface area contributed by atoms with E-state index in [1.807, 2.05) is 0 Å². The summed E-state index contributed by atoms with van der Waals surface area (Å²) in [6, 6.07) is 12.9. The van der Waals surface area contributed by atoms with E-state index in [2.05, 4.69) is 20.6 Å². The van der Waals surface area contributed by atoms with Gasteiger partial charge in [0.2, 0.25) is 0 Å². The lowest BCUT2D eigenvalue weighted by atomic mass is 10.0. The van der Waals surface area contributed by atoms with E-state index in [0.29, 0.717) is 0 Å². The molecule has 0 bridgehead atoms. The summed E-state index contributed by atoms with van der Waals surface area (Å²) in [7, 11) is 0. The average molecular weight is 392 g/mol. The minimum atomic E-state index is -1.29. The molecule has 0 radical (unpaired) electrons. The lowest BCUT2D eigenvalue weighted by Crippen LogP contribution is -2.18. The molecule has 7 N–H and O–H groups in total. The molecular weight excluding hydrogens is 376 g/mol. The first-order valence-electron chi connectivity index (χ1n) is 8.28. The number of nitrogens with two attached hydrogens (primary N) is 2. The van der Waals surface area contributed by atoms with E-state index < -0.39 is 17.8 Å². The summed E-state index contributed by atoms with van der Waals surface area (Å²) < 4.78 is 0. The number of nitrogens with zero attached hydrogens (tertiary/aromatic N) is 2. The third-order valence-corrected chi connectivity index (χ3v) is 3.73. The fraction of sp³-hybridized carbons (Fsp3) is 0. The van der Waals surface area contributed by atoms with Crippen LogP contribution in [0.25, 0.3) is 0 Å². The number of carboxylic acids is 1. The molecule has 2 amide bonds. The Labute approximate surface area is 164 Å². The van der Waals surface area contributed by atoms with E-state index in [4.69, 9.17) is 11.5 Å². The number of anilines is 4. The Kier molecular flexibility index (Phi) is 5.35. The summed E-state index contributed by atoms with van der Waals surface area (Å²) in [6.45, 7) is 0. The van der Waals surface area contributed by atoms with Crippen LogP contribution >= 0.6 is 0 Å². The number of hydrogen-bond acceptors (Lipinski definition) is 7. The highest BCUT2D eigenvalue weighted by Gasteiger charge is 2.17. The van der Waals surface area contributed by atoms with Crippen molar-refractivity contribution >= 4 is 41.1 Å². The van der Waals surface area contributed by atoms with Gasteiger partial charge in [-0.1, -0.05) is 12.1 Å². The van der Waals surface area contributed by atoms with Crippen molar-refractivity contribution in [3.63, 3.8) is 0 Å². The Balaban J connectivity index is 1.90. The van der Waals surface area contributed by atoms with Crippen molar-refractivity contribution < 1.29 is 19.5 Å². The van der Waals surface area contributed by atoms with Crippen LogP contribution in [-0.2, 0) is 0 Å². The molecule has 3 rings (SSSR count). The molecule has 0 aliphatic heterocycles. The lowest BCUT2D eigenvalue weighted by molar-refractivity contribution is 0.0697. The number of nitrogen functional groups attached to an aromatic ring is 2. The fourth-order valence-electron chi connectivity index (χ4n) is 2.43. The van der Waals surface area contributed by atoms with E-state index in [-0.39, 0.29) is 40.0 Å². The molecule has 0 aliphatic rings. The van der Waals surface area contributed by atoms with Gasteiger partial charge in [0.05, 0.1) is 5.56 Å². The zero-order valence-corrected chi connectivity index (χ0v) is 14.9. The highest BCUT2D eigenvalue weighted by atomic mass is 16.4. The Morgan fingerprint density at radius 2 is 1.14 bits per heavy atom. The van der Waals surface area contributed by atoms with Crippen LogP contribution in [0.3, 0.4) is 0 Å². The zero-order chi connectivity index (χ0) is 21.0. The van der Waals surface area contributed by atoms with Gasteiger partial charge >= 0.3 is 5.97 Å². The van der Waals surface area contributed by atoms with Crippen molar-refractivity contribution in [2.75, 3.05) is 22.1 Å². The molecule has 0 atom stereocenters. The molecule has 0 aliphatic carbocycles. The monoisotopic (exact) mass is 392 g/mol. The first kappa shape index (κ1) is 19.3. The SMILES string of the molecule is Nc1cccc(NC(=O)c2cc(C(=O)O)cc(C(=O)Nc3cccc(N)n3)c2)n1. The summed E-state index contributed by atoms with van der Waals surface area (Å²) >= 11 is 0. The second kappa shape index (κ2) is 8.05. The molecule has 2 heterocycles. The zero-order valence-electron chi connectivity index (χ0n) is 14.9. The summed E-state index contributed by atoms with van der Waals surface area (Å²) in [5, 5.41) is 14.3. The highest BCUT2D eigenvalue weighted by Crippen LogP contribution is 2.16. The van der Waals surface area contributed by atoms with E-state index in [9.17, 15) is 19.5 Å². The second-order valence-electron chi connectivity index (χ2n) is 5.91. The van der Waals surface area contributed by atoms with Crippen LogP contribution in [0.1, 0.15) is 31.1 Å². The van der Waals surface area contributed by atoms with Crippen LogP contribution in [0.2, 0.25) is 0 Å². The summed E-state index contributed by atoms with van der Waals surface area (Å²) in [5.41, 5.74) is 10.8. The van der Waals surface area contributed by atoms with E-state index in [1.54, 1.807) is 24.3 Å². The number of amides is 2. The standard InChI is InChI=1S/C19H16N6O4/c20-13-3-1-5-15(22-13)24-17(26)10-7-11(9-12(8-10)19(28)29)18(27)25-16-6-2-4-14(21)23-16/h1-9H,(H,28,29)(H3,20,22,24,26)(H3,21,23,25,27). The quantitative estimate of drug-likeness (QED) is 0.437. The first-order chi connectivity index (χ1) is 13.8. The number of benzene rings is 1. The minimum Gasteiger partial charge on any atom is -0.478 e. The van der Waals surface area contributed by atoms with Gasteiger partial charge < -0.3 is 27.2 Å². The molecule has 2 aromatic heterocycles. The molecule has 146 valence electrons. The van der Waals surface area contributed by atoms with E-state index >= 15 is 0 Å². The summed E-state index contributed by atoms with van der Waals surface area (Å²) in [6.07, 6.45) is 0. The molecule has 29 heavy (non-hydrogen) atoms. The molecule has 1 aromatic carbocycles. The Hall–Kier alpha value is -4.47. The number of rotatable bonds is 5. The minimum absolute atomic E-state index is 0.0418. The van der Waals surface area contributed by atoms with Crippen LogP contribution in [0.5, 0.6) is 0 Å². The van der Waals surface area contributed by atoms with Crippen LogP contribution in [0.4, 0.5) is 23.3 Å². The molecule has 10 heteroatoms. The van der Waals surface area contributed by atoms with Gasteiger partial charge in [-0.2, -0.15) is 0 Å². The van der Waals surface area contributed by atoms with Crippen molar-refractivity contribution in [1.29, 1.82) is 0 Å². The number of carbonyl (C=O) groups is 3. The van der Waals surface area contributed by atoms with Gasteiger partial charge in [0, 0.05) is 11.1 Å². The van der Waals surface area contributed by atoms with E-state index in [0.717, 1.165) is 12.1 Å². The Morgan fingerprint density at radius 1 is 0.724 bits per heavy atom. The number of aromatic carboxylic acids is 1. The predicted octanol–water partition coefficient (Wildman–Crippen LogP) is 1.84. The van der Waals surface area contributed by atoms with Gasteiger partial charge in [-0.25, -0.2) is 14.8 Å². The van der Waals surface area contributed by atoms with Crippen molar-refractivity contribution in [2.24, 2.45) is 0 Å². The molecule has 3 aromatic rings. The maximum Gasteiger partial charge on any atom is 0.335 e. The third-order valence-electron chi connectivity index (χ3n) is 3.73. The molecule has 0 saturated carbocycles. The predicted molar refractivity (Wildman–Crippen MR) is 107 cm³/mol. The maximum absolute atomic E-state index is 12.5. The van der Waals surface area contributed by atoms with Gasteiger partial charge in [0.25, 0.3) is 11.8 Å². The van der Waals surface area contributed by atoms with Crippen molar-refractivity contribution in [1.82, 2.24) is 9.97 Å². The van der Waals surface area contributed by atoms with Crippen LogP contribution < -0.4 is 22.1 Å². The van der Waals surface area contributed by atoms with Crippen molar-refractivity contribution in [3.8, 4) is 0 Å². The Morgan fingerprint density at radius 3 is 1.52 bits per heavy atom. The highest BCUT2D eigenvalue weighted by molar-refractivity contribution is 6.10. The summed E-state index contributed by atoms with van der Waals surface area (Å²) in [4.78, 5) is 44.4. The molecule has 0 fully saturated rings. The van der Waals surface area contributed by atoms with Crippen LogP contribution in [0, 0.1) is 0 Å². The van der Waals surface area contributed by atoms with Gasteiger partial charge in [0.15, 0.2) is 0 Å². The first-order valence-corrected chi connectivity index (χ1v) is 8.28. The number of hydrogen-bond donors (Lipinski definition) is 5. The molecular formula is C19H16N6O4. The number of pyridine rings is 2. The van der Waals surface area contributed by atoms with Crippen LogP contribution in [-0.4, -0.2) is 32.9 Å². The van der Waals surface area contributed by atoms with Gasteiger partial charge in [-0.15, -0.1) is 0 Å². The van der Waals surface area contributed by atoms with Gasteiger partial charge in [-0.05, 0) is 42.5 Å². The summed E-state index contributed by atoms with van der Waals surface area (Å²) in [5.74, 6) is -1.81. The topological polar surface area (TPSA) is 173 Å². The second-order valence-corrected chi connectivity index (χ2v) is 5.91. The normalized spacial score (nSPS) is 10.2. The van der Waals surface area contributed by atoms with Gasteiger partial charge in [-0.3, -0.25) is 9.59 Å². The average Bonchev–Trinajstić information content (AvgIpc) is 2.67. The third kappa shape index (κ3) is 4.83. The number of carboxylic acid groups (broad SMARTS) is 1. The van der Waals surface area contributed by atoms with Crippen molar-refractivity contribution in [2.45, 2.75) is 0 Å². The largest absolute Gasteiger partial charge is 0.478 e. The number of carbonyl (C=O) groups excluding carboxylic acids is 2. The van der Waals surface area contributed by atoms with Crippen LogP contribution in [0.15, 0.2) is 54.6 Å². The maximum atomic E-state index is 12.5. The molecule has 10 nitrogen and oxygen atoms in total. The number of aromatic nitrogens is 2. The fourth-order valence-corrected chi connectivity index (χ4v) is 2.43. The van der Waals surface area contributed by atoms with Crippen molar-refractivity contribution in [3.05, 3.63) is 71.3 Å². The van der Waals surface area contributed by atoms with E-state index in [1.165, 1.54) is 18.2 Å². The molecule has 0 unspecified atom stereocenters. The lowest BCUT2D eigenvalue weighted by Gasteiger charge is -2.09. The van der Waals surface area contributed by atoms with Gasteiger partial charge in [0.1, 0.15) is 23.3 Å². The molecule has 0 saturated heterocycles.